The number of benzene rings is 1. The molecule has 0 aliphatic heterocycles. The average molecular weight is 284 g/mol. The van der Waals surface area contributed by atoms with Crippen LogP contribution in [-0.2, 0) is 0 Å². The van der Waals surface area contributed by atoms with E-state index >= 15 is 0 Å². The predicted molar refractivity (Wildman–Crippen MR) is 77.2 cm³/mol. The number of hydrogen-bond acceptors (Lipinski definition) is 3. The minimum atomic E-state index is -0.641. The van der Waals surface area contributed by atoms with Crippen LogP contribution in [0.3, 0.4) is 0 Å². The molecule has 0 atom stereocenters. The zero-order chi connectivity index (χ0) is 15.1. The summed E-state index contributed by atoms with van der Waals surface area (Å²) in [6.45, 7) is -0.0398. The molecule has 0 saturated carbocycles. The smallest absolute Gasteiger partial charge is 0.258 e. The summed E-state index contributed by atoms with van der Waals surface area (Å²) in [5.41, 5.74) is 0.946. The molecule has 0 radical (unpaired) electrons. The lowest BCUT2D eigenvalue weighted by Gasteiger charge is -2.06. The van der Waals surface area contributed by atoms with Gasteiger partial charge in [-0.3, -0.25) is 9.78 Å². The van der Waals surface area contributed by atoms with E-state index in [0.29, 0.717) is 17.7 Å². The van der Waals surface area contributed by atoms with Crippen LogP contribution in [0, 0.1) is 17.7 Å². The van der Waals surface area contributed by atoms with Crippen LogP contribution in [0.2, 0.25) is 0 Å². The number of aliphatic hydroxyl groups is 1. The van der Waals surface area contributed by atoms with Crippen molar-refractivity contribution in [2.24, 2.45) is 0 Å². The first kappa shape index (κ1) is 14.7. The lowest BCUT2D eigenvalue weighted by molar-refractivity contribution is 0.102. The number of hydrogen-bond donors (Lipinski definition) is 2. The molecule has 1 aromatic carbocycles. The van der Waals surface area contributed by atoms with E-state index in [1.807, 2.05) is 0 Å². The fourth-order valence-corrected chi connectivity index (χ4v) is 1.63. The van der Waals surface area contributed by atoms with E-state index in [4.69, 9.17) is 5.11 Å². The van der Waals surface area contributed by atoms with Gasteiger partial charge in [0.25, 0.3) is 5.91 Å². The first-order valence-corrected chi connectivity index (χ1v) is 6.31. The molecular weight excluding hydrogens is 271 g/mol. The summed E-state index contributed by atoms with van der Waals surface area (Å²) in [7, 11) is 0. The van der Waals surface area contributed by atoms with Crippen molar-refractivity contribution in [2.45, 2.75) is 6.42 Å². The molecule has 0 aliphatic rings. The fraction of sp³-hybridized carbons (Fsp3) is 0.125. The van der Waals surface area contributed by atoms with E-state index in [-0.39, 0.29) is 12.2 Å². The number of aliphatic hydroxyl groups excluding tert-OH is 1. The van der Waals surface area contributed by atoms with E-state index in [1.54, 1.807) is 18.2 Å². The normalized spacial score (nSPS) is 9.62. The largest absolute Gasteiger partial charge is 0.395 e. The number of amides is 1. The Morgan fingerprint density at radius 1 is 1.29 bits per heavy atom. The summed E-state index contributed by atoms with van der Waals surface area (Å²) in [5, 5.41) is 11.2. The second-order valence-corrected chi connectivity index (χ2v) is 4.16. The van der Waals surface area contributed by atoms with Gasteiger partial charge in [0.15, 0.2) is 0 Å². The van der Waals surface area contributed by atoms with E-state index in [9.17, 15) is 9.18 Å². The number of carbonyl (C=O) groups is 1. The molecule has 1 aromatic heterocycles. The van der Waals surface area contributed by atoms with Gasteiger partial charge in [-0.1, -0.05) is 11.8 Å². The van der Waals surface area contributed by atoms with Crippen molar-refractivity contribution in [2.75, 3.05) is 11.9 Å². The predicted octanol–water partition coefficient (Wildman–Crippen LogP) is 2.21. The van der Waals surface area contributed by atoms with Gasteiger partial charge in [-0.15, -0.1) is 0 Å². The maximum Gasteiger partial charge on any atom is 0.258 e. The van der Waals surface area contributed by atoms with Crippen LogP contribution >= 0.6 is 0 Å². The quantitative estimate of drug-likeness (QED) is 0.849. The van der Waals surface area contributed by atoms with Crippen LogP contribution in [-0.4, -0.2) is 22.6 Å². The number of carbonyl (C=O) groups excluding carboxylic acids is 1. The van der Waals surface area contributed by atoms with Crippen LogP contribution in [0.15, 0.2) is 42.7 Å². The molecule has 21 heavy (non-hydrogen) atoms. The fourth-order valence-electron chi connectivity index (χ4n) is 1.63. The van der Waals surface area contributed by atoms with Gasteiger partial charge < -0.3 is 10.4 Å². The van der Waals surface area contributed by atoms with Crippen LogP contribution in [0.5, 0.6) is 0 Å². The molecule has 2 aromatic rings. The number of anilines is 1. The molecule has 2 N–H and O–H groups in total. The molecule has 0 aliphatic carbocycles. The van der Waals surface area contributed by atoms with Gasteiger partial charge >= 0.3 is 0 Å². The molecule has 4 nitrogen and oxygen atoms in total. The first-order chi connectivity index (χ1) is 10.2. The Hall–Kier alpha value is -2.71. The van der Waals surface area contributed by atoms with Crippen molar-refractivity contribution in [3.8, 4) is 11.8 Å². The summed E-state index contributed by atoms with van der Waals surface area (Å²) < 4.78 is 13.9. The van der Waals surface area contributed by atoms with Crippen LogP contribution in [0.1, 0.15) is 22.3 Å². The van der Waals surface area contributed by atoms with Crippen LogP contribution in [0.25, 0.3) is 0 Å². The van der Waals surface area contributed by atoms with Crippen molar-refractivity contribution < 1.29 is 14.3 Å². The molecule has 0 spiro atoms. The molecule has 2 rings (SSSR count). The van der Waals surface area contributed by atoms with Crippen LogP contribution < -0.4 is 5.32 Å². The summed E-state index contributed by atoms with van der Waals surface area (Å²) >= 11 is 0. The Morgan fingerprint density at radius 3 is 2.71 bits per heavy atom. The summed E-state index contributed by atoms with van der Waals surface area (Å²) in [6.07, 6.45) is 3.39. The number of rotatable bonds is 3. The van der Waals surface area contributed by atoms with Gasteiger partial charge in [0.05, 0.1) is 12.2 Å². The highest BCUT2D eigenvalue weighted by molar-refractivity contribution is 6.04. The van der Waals surface area contributed by atoms with E-state index in [2.05, 4.69) is 22.1 Å². The van der Waals surface area contributed by atoms with Crippen molar-refractivity contribution in [1.82, 2.24) is 4.98 Å². The number of nitrogens with one attached hydrogen (secondary N) is 1. The molecule has 106 valence electrons. The third-order valence-electron chi connectivity index (χ3n) is 2.62. The Kier molecular flexibility index (Phi) is 5.02. The van der Waals surface area contributed by atoms with E-state index in [0.717, 1.165) is 0 Å². The maximum atomic E-state index is 13.9. The van der Waals surface area contributed by atoms with Gasteiger partial charge in [-0.2, -0.15) is 0 Å². The SMILES string of the molecule is O=C(Nc1ccncc1)c1ccc(C#CCCO)cc1F. The third-order valence-corrected chi connectivity index (χ3v) is 2.62. The minimum Gasteiger partial charge on any atom is -0.395 e. The zero-order valence-corrected chi connectivity index (χ0v) is 11.1. The Morgan fingerprint density at radius 2 is 2.05 bits per heavy atom. The highest BCUT2D eigenvalue weighted by Crippen LogP contribution is 2.13. The molecule has 0 fully saturated rings. The van der Waals surface area contributed by atoms with Crippen molar-refractivity contribution in [1.29, 1.82) is 0 Å². The molecule has 1 heterocycles. The van der Waals surface area contributed by atoms with Gasteiger partial charge in [-0.25, -0.2) is 4.39 Å². The summed E-state index contributed by atoms with van der Waals surface area (Å²) in [4.78, 5) is 15.8. The number of nitrogens with zero attached hydrogens (tertiary/aromatic N) is 1. The molecule has 0 saturated heterocycles. The second kappa shape index (κ2) is 7.17. The second-order valence-electron chi connectivity index (χ2n) is 4.16. The number of pyridine rings is 1. The van der Waals surface area contributed by atoms with E-state index < -0.39 is 11.7 Å². The van der Waals surface area contributed by atoms with Crippen molar-refractivity contribution in [3.05, 3.63) is 59.7 Å². The summed E-state index contributed by atoms with van der Waals surface area (Å²) in [5.74, 6) is 4.23. The third kappa shape index (κ3) is 4.13. The lowest BCUT2D eigenvalue weighted by atomic mass is 10.1. The topological polar surface area (TPSA) is 62.2 Å². The van der Waals surface area contributed by atoms with E-state index in [1.165, 1.54) is 24.5 Å². The Labute approximate surface area is 121 Å². The van der Waals surface area contributed by atoms with Crippen LogP contribution in [0.4, 0.5) is 10.1 Å². The molecule has 0 unspecified atom stereocenters. The Balaban J connectivity index is 2.14. The average Bonchev–Trinajstić information content (AvgIpc) is 2.48. The molecule has 1 amide bonds. The number of aromatic nitrogens is 1. The first-order valence-electron chi connectivity index (χ1n) is 6.31. The highest BCUT2D eigenvalue weighted by atomic mass is 19.1. The molecule has 0 bridgehead atoms. The standard InChI is InChI=1S/C16H13FN2O2/c17-15-11-12(3-1-2-10-20)4-5-14(15)16(21)19-13-6-8-18-9-7-13/h4-9,11,20H,2,10H2,(H,18,19,21). The lowest BCUT2D eigenvalue weighted by Crippen LogP contribution is -2.13. The van der Waals surface area contributed by atoms with Gasteiger partial charge in [0.2, 0.25) is 0 Å². The van der Waals surface area contributed by atoms with Crippen molar-refractivity contribution in [3.63, 3.8) is 0 Å². The maximum absolute atomic E-state index is 13.9. The minimum absolute atomic E-state index is 0.0398. The monoisotopic (exact) mass is 284 g/mol. The highest BCUT2D eigenvalue weighted by Gasteiger charge is 2.12. The van der Waals surface area contributed by atoms with Crippen molar-refractivity contribution >= 4 is 11.6 Å². The van der Waals surface area contributed by atoms with Gasteiger partial charge in [0.1, 0.15) is 5.82 Å². The molecule has 5 heteroatoms. The zero-order valence-electron chi connectivity index (χ0n) is 11.1. The summed E-state index contributed by atoms with van der Waals surface area (Å²) in [6, 6.07) is 7.38. The Bertz CT molecular complexity index is 690. The van der Waals surface area contributed by atoms with Gasteiger partial charge in [-0.05, 0) is 30.3 Å². The molecular formula is C16H13FN2O2. The van der Waals surface area contributed by atoms with Gasteiger partial charge in [0, 0.05) is 30.1 Å². The number of halogens is 1.